The normalized spacial score (nSPS) is 11.3. The van der Waals surface area contributed by atoms with Crippen LogP contribution < -0.4 is 15.4 Å². The van der Waals surface area contributed by atoms with Gasteiger partial charge < -0.3 is 19.8 Å². The van der Waals surface area contributed by atoms with Crippen molar-refractivity contribution in [3.8, 4) is 17.2 Å². The van der Waals surface area contributed by atoms with Gasteiger partial charge in [-0.15, -0.1) is 0 Å². The molecule has 0 atom stereocenters. The molecule has 1 aromatic heterocycles. The lowest BCUT2D eigenvalue weighted by Crippen LogP contribution is -2.39. The van der Waals surface area contributed by atoms with E-state index in [-0.39, 0.29) is 5.82 Å². The molecule has 0 bridgehead atoms. The number of benzene rings is 2. The van der Waals surface area contributed by atoms with Gasteiger partial charge in [0.2, 0.25) is 5.89 Å². The lowest BCUT2D eigenvalue weighted by molar-refractivity contribution is 0.320. The maximum absolute atomic E-state index is 13.1. The summed E-state index contributed by atoms with van der Waals surface area (Å²) in [6, 6.07) is 15.8. The SMILES string of the molecule is CCNC(=NCc1coc(-c2ccccc2)n1)NCCOc1cccc(F)c1. The third kappa shape index (κ3) is 5.84. The predicted octanol–water partition coefficient (Wildman–Crippen LogP) is 3.61. The van der Waals surface area contributed by atoms with E-state index in [0.717, 1.165) is 17.8 Å². The van der Waals surface area contributed by atoms with Crippen molar-refractivity contribution in [2.45, 2.75) is 13.5 Å². The minimum absolute atomic E-state index is 0.317. The van der Waals surface area contributed by atoms with Crippen molar-refractivity contribution in [3.05, 3.63) is 72.4 Å². The first-order valence-corrected chi connectivity index (χ1v) is 9.15. The Labute approximate surface area is 163 Å². The summed E-state index contributed by atoms with van der Waals surface area (Å²) in [5, 5.41) is 6.34. The molecule has 2 N–H and O–H groups in total. The standard InChI is InChI=1S/C21H23FN4O2/c1-2-23-21(24-11-12-27-19-10-6-9-17(22)13-19)25-14-18-15-28-20(26-18)16-7-4-3-5-8-16/h3-10,13,15H,2,11-12,14H2,1H3,(H2,23,24,25). The van der Waals surface area contributed by atoms with Crippen LogP contribution in [0.1, 0.15) is 12.6 Å². The predicted molar refractivity (Wildman–Crippen MR) is 107 cm³/mol. The summed E-state index contributed by atoms with van der Waals surface area (Å²) < 4.78 is 24.2. The van der Waals surface area contributed by atoms with Crippen LogP contribution >= 0.6 is 0 Å². The molecule has 2 aromatic carbocycles. The summed E-state index contributed by atoms with van der Waals surface area (Å²) in [6.45, 7) is 4.01. The van der Waals surface area contributed by atoms with E-state index in [9.17, 15) is 4.39 Å². The minimum atomic E-state index is -0.317. The summed E-state index contributed by atoms with van der Waals surface area (Å²) in [5.74, 6) is 1.41. The molecule has 0 aliphatic carbocycles. The molecule has 0 radical (unpaired) electrons. The number of rotatable bonds is 8. The Balaban J connectivity index is 1.50. The molecule has 0 saturated carbocycles. The molecule has 0 fully saturated rings. The highest BCUT2D eigenvalue weighted by Crippen LogP contribution is 2.18. The van der Waals surface area contributed by atoms with Crippen LogP contribution in [0.3, 0.4) is 0 Å². The van der Waals surface area contributed by atoms with Gasteiger partial charge in [0.15, 0.2) is 5.96 Å². The molecule has 7 heteroatoms. The highest BCUT2D eigenvalue weighted by atomic mass is 19.1. The highest BCUT2D eigenvalue weighted by molar-refractivity contribution is 5.79. The summed E-state index contributed by atoms with van der Waals surface area (Å²) >= 11 is 0. The molecule has 0 aliphatic rings. The van der Waals surface area contributed by atoms with E-state index in [1.165, 1.54) is 12.1 Å². The van der Waals surface area contributed by atoms with Gasteiger partial charge in [0.1, 0.15) is 30.1 Å². The van der Waals surface area contributed by atoms with Crippen LogP contribution in [-0.2, 0) is 6.54 Å². The van der Waals surface area contributed by atoms with Gasteiger partial charge in [0, 0.05) is 18.2 Å². The Hall–Kier alpha value is -3.35. The zero-order valence-corrected chi connectivity index (χ0v) is 15.7. The van der Waals surface area contributed by atoms with Crippen molar-refractivity contribution in [2.75, 3.05) is 19.7 Å². The maximum atomic E-state index is 13.1. The molecule has 0 unspecified atom stereocenters. The van der Waals surface area contributed by atoms with Crippen molar-refractivity contribution >= 4 is 5.96 Å². The number of hydrogen-bond acceptors (Lipinski definition) is 4. The molecule has 0 spiro atoms. The summed E-state index contributed by atoms with van der Waals surface area (Å²) in [7, 11) is 0. The first-order chi connectivity index (χ1) is 13.7. The quantitative estimate of drug-likeness (QED) is 0.354. The second kappa shape index (κ2) is 10.1. The Morgan fingerprint density at radius 2 is 2.00 bits per heavy atom. The van der Waals surface area contributed by atoms with Crippen molar-refractivity contribution in [1.82, 2.24) is 15.6 Å². The van der Waals surface area contributed by atoms with E-state index in [4.69, 9.17) is 9.15 Å². The number of oxazole rings is 1. The van der Waals surface area contributed by atoms with Crippen molar-refractivity contribution in [1.29, 1.82) is 0 Å². The number of aromatic nitrogens is 1. The van der Waals surface area contributed by atoms with E-state index < -0.39 is 0 Å². The van der Waals surface area contributed by atoms with Crippen molar-refractivity contribution in [2.24, 2.45) is 4.99 Å². The van der Waals surface area contributed by atoms with Crippen LogP contribution in [0.2, 0.25) is 0 Å². The molecule has 28 heavy (non-hydrogen) atoms. The first kappa shape index (κ1) is 19.4. The number of nitrogens with zero attached hydrogens (tertiary/aromatic N) is 2. The Morgan fingerprint density at radius 3 is 2.79 bits per heavy atom. The second-order valence-electron chi connectivity index (χ2n) is 5.94. The Bertz CT molecular complexity index is 896. The monoisotopic (exact) mass is 382 g/mol. The third-order valence-corrected chi connectivity index (χ3v) is 3.78. The zero-order chi connectivity index (χ0) is 19.6. The average molecular weight is 382 g/mol. The maximum Gasteiger partial charge on any atom is 0.226 e. The van der Waals surface area contributed by atoms with Crippen LogP contribution in [0, 0.1) is 5.82 Å². The lowest BCUT2D eigenvalue weighted by atomic mass is 10.2. The zero-order valence-electron chi connectivity index (χ0n) is 15.7. The van der Waals surface area contributed by atoms with Gasteiger partial charge in [-0.25, -0.2) is 14.4 Å². The third-order valence-electron chi connectivity index (χ3n) is 3.78. The molecule has 3 rings (SSSR count). The van der Waals surface area contributed by atoms with Gasteiger partial charge >= 0.3 is 0 Å². The molecule has 1 heterocycles. The lowest BCUT2D eigenvalue weighted by Gasteiger charge is -2.11. The smallest absolute Gasteiger partial charge is 0.226 e. The van der Waals surface area contributed by atoms with Crippen LogP contribution in [-0.4, -0.2) is 30.6 Å². The fraction of sp³-hybridized carbons (Fsp3) is 0.238. The van der Waals surface area contributed by atoms with Crippen LogP contribution in [0.25, 0.3) is 11.5 Å². The van der Waals surface area contributed by atoms with Crippen LogP contribution in [0.15, 0.2) is 70.3 Å². The van der Waals surface area contributed by atoms with Gasteiger partial charge in [-0.1, -0.05) is 24.3 Å². The van der Waals surface area contributed by atoms with Crippen molar-refractivity contribution in [3.63, 3.8) is 0 Å². The number of guanidine groups is 1. The van der Waals surface area contributed by atoms with Crippen LogP contribution in [0.5, 0.6) is 5.75 Å². The number of ether oxygens (including phenoxy) is 1. The van der Waals surface area contributed by atoms with Gasteiger partial charge in [-0.05, 0) is 31.2 Å². The fourth-order valence-corrected chi connectivity index (χ4v) is 2.49. The van der Waals surface area contributed by atoms with E-state index in [0.29, 0.717) is 37.3 Å². The van der Waals surface area contributed by atoms with Crippen molar-refractivity contribution < 1.29 is 13.5 Å². The van der Waals surface area contributed by atoms with Gasteiger partial charge in [0.25, 0.3) is 0 Å². The van der Waals surface area contributed by atoms with Crippen LogP contribution in [0.4, 0.5) is 4.39 Å². The fourth-order valence-electron chi connectivity index (χ4n) is 2.49. The first-order valence-electron chi connectivity index (χ1n) is 9.15. The molecular formula is C21H23FN4O2. The molecular weight excluding hydrogens is 359 g/mol. The minimum Gasteiger partial charge on any atom is -0.492 e. The second-order valence-corrected chi connectivity index (χ2v) is 5.94. The molecule has 0 aliphatic heterocycles. The number of halogens is 1. The molecule has 146 valence electrons. The number of hydrogen-bond donors (Lipinski definition) is 2. The molecule has 0 saturated heterocycles. The van der Waals surface area contributed by atoms with Gasteiger partial charge in [-0.2, -0.15) is 0 Å². The molecule has 6 nitrogen and oxygen atoms in total. The summed E-state index contributed by atoms with van der Waals surface area (Å²) in [6.07, 6.45) is 1.61. The highest BCUT2D eigenvalue weighted by Gasteiger charge is 2.06. The topological polar surface area (TPSA) is 71.7 Å². The van der Waals surface area contributed by atoms with Gasteiger partial charge in [-0.3, -0.25) is 0 Å². The van der Waals surface area contributed by atoms with Gasteiger partial charge in [0.05, 0.1) is 13.1 Å². The average Bonchev–Trinajstić information content (AvgIpc) is 3.19. The number of aliphatic imine (C=N–C) groups is 1. The van der Waals surface area contributed by atoms with E-state index in [1.54, 1.807) is 18.4 Å². The Kier molecular flexibility index (Phi) is 7.01. The van der Waals surface area contributed by atoms with E-state index in [2.05, 4.69) is 20.6 Å². The molecule has 3 aromatic rings. The summed E-state index contributed by atoms with van der Waals surface area (Å²) in [4.78, 5) is 8.97. The largest absolute Gasteiger partial charge is 0.492 e. The van der Waals surface area contributed by atoms with E-state index in [1.807, 2.05) is 37.3 Å². The van der Waals surface area contributed by atoms with E-state index >= 15 is 0 Å². The number of nitrogens with one attached hydrogen (secondary N) is 2. The Morgan fingerprint density at radius 1 is 1.14 bits per heavy atom. The summed E-state index contributed by atoms with van der Waals surface area (Å²) in [5.41, 5.74) is 1.67. The molecule has 0 amide bonds.